The molecule has 2 nitrogen and oxygen atoms in total. The molecule has 0 aliphatic heterocycles. The highest BCUT2D eigenvalue weighted by Gasteiger charge is 2.20. The van der Waals surface area contributed by atoms with Crippen LogP contribution in [0.3, 0.4) is 0 Å². The average Bonchev–Trinajstić information content (AvgIpc) is 3.33. The first-order valence-electron chi connectivity index (χ1n) is 12.7. The zero-order valence-corrected chi connectivity index (χ0v) is 20.7. The summed E-state index contributed by atoms with van der Waals surface area (Å²) in [5, 5.41) is 5.03. The van der Waals surface area contributed by atoms with E-state index < -0.39 is 0 Å². The smallest absolute Gasteiger partial charge is 0.0620 e. The van der Waals surface area contributed by atoms with Crippen LogP contribution in [0.1, 0.15) is 0 Å². The summed E-state index contributed by atoms with van der Waals surface area (Å²) in [6, 6.07) is 49.9. The number of anilines is 2. The molecule has 0 amide bonds. The highest BCUT2D eigenvalue weighted by Crippen LogP contribution is 2.43. The fourth-order valence-electron chi connectivity index (χ4n) is 5.69. The van der Waals surface area contributed by atoms with Gasteiger partial charge in [0.15, 0.2) is 0 Å². The molecule has 37 heavy (non-hydrogen) atoms. The van der Waals surface area contributed by atoms with E-state index in [0.717, 1.165) is 0 Å². The van der Waals surface area contributed by atoms with E-state index in [1.54, 1.807) is 0 Å². The monoisotopic (exact) mass is 474 g/mol. The maximum absolute atomic E-state index is 2.42. The lowest BCUT2D eigenvalue weighted by Gasteiger charge is -2.24. The number of fused-ring (bicyclic) bond motifs is 5. The van der Waals surface area contributed by atoms with Crippen molar-refractivity contribution in [1.82, 2.24) is 4.57 Å². The van der Waals surface area contributed by atoms with Crippen molar-refractivity contribution in [2.45, 2.75) is 0 Å². The van der Waals surface area contributed by atoms with Gasteiger partial charge < -0.3 is 9.47 Å². The second-order valence-corrected chi connectivity index (χ2v) is 9.47. The average molecular weight is 475 g/mol. The third-order valence-corrected chi connectivity index (χ3v) is 7.38. The fourth-order valence-corrected chi connectivity index (χ4v) is 5.69. The van der Waals surface area contributed by atoms with Crippen LogP contribution in [0.4, 0.5) is 11.4 Å². The molecule has 0 bridgehead atoms. The van der Waals surface area contributed by atoms with Crippen molar-refractivity contribution in [3.63, 3.8) is 0 Å². The molecule has 7 rings (SSSR count). The summed E-state index contributed by atoms with van der Waals surface area (Å²) in [7, 11) is 2.18. The third kappa shape index (κ3) is 3.41. The minimum Gasteiger partial charge on any atom is -0.344 e. The van der Waals surface area contributed by atoms with Gasteiger partial charge in [-0.25, -0.2) is 0 Å². The van der Waals surface area contributed by atoms with Crippen LogP contribution < -0.4 is 4.90 Å². The first-order chi connectivity index (χ1) is 18.3. The van der Waals surface area contributed by atoms with Gasteiger partial charge in [0.25, 0.3) is 0 Å². The molecule has 0 aliphatic rings. The van der Waals surface area contributed by atoms with Crippen molar-refractivity contribution in [1.29, 1.82) is 0 Å². The number of hydrogen-bond acceptors (Lipinski definition) is 1. The molecule has 0 saturated carbocycles. The highest BCUT2D eigenvalue weighted by molar-refractivity contribution is 6.22. The molecule has 0 saturated heterocycles. The van der Waals surface area contributed by atoms with Crippen LogP contribution in [0.25, 0.3) is 49.4 Å². The largest absolute Gasteiger partial charge is 0.344 e. The Hall–Kier alpha value is -4.82. The summed E-state index contributed by atoms with van der Waals surface area (Å²) < 4.78 is 2.42. The summed E-state index contributed by atoms with van der Waals surface area (Å²) in [6.07, 6.45) is 0. The van der Waals surface area contributed by atoms with Crippen LogP contribution in [0.2, 0.25) is 0 Å². The Kier molecular flexibility index (Phi) is 5.04. The normalized spacial score (nSPS) is 11.4. The second kappa shape index (κ2) is 8.69. The Bertz CT molecular complexity index is 1880. The predicted molar refractivity (Wildman–Crippen MR) is 158 cm³/mol. The van der Waals surface area contributed by atoms with Gasteiger partial charge >= 0.3 is 0 Å². The molecule has 0 atom stereocenters. The van der Waals surface area contributed by atoms with Crippen LogP contribution in [0.5, 0.6) is 0 Å². The van der Waals surface area contributed by atoms with Gasteiger partial charge in [-0.2, -0.15) is 0 Å². The van der Waals surface area contributed by atoms with Gasteiger partial charge in [-0.3, -0.25) is 0 Å². The van der Waals surface area contributed by atoms with Crippen molar-refractivity contribution in [2.24, 2.45) is 0 Å². The SMILES string of the molecule is CN(c1ccccc1-c1ccccc1)c1cccc2c1c1ccc3ccccc3c1n2-c1ccccc1. The molecular weight excluding hydrogens is 448 g/mol. The van der Waals surface area contributed by atoms with Gasteiger partial charge in [-0.05, 0) is 41.3 Å². The van der Waals surface area contributed by atoms with Crippen molar-refractivity contribution < 1.29 is 0 Å². The maximum Gasteiger partial charge on any atom is 0.0620 e. The summed E-state index contributed by atoms with van der Waals surface area (Å²) in [5.41, 5.74) is 8.44. The predicted octanol–water partition coefficient (Wildman–Crippen LogP) is 9.37. The van der Waals surface area contributed by atoms with Crippen LogP contribution >= 0.6 is 0 Å². The Morgan fingerprint density at radius 1 is 0.514 bits per heavy atom. The van der Waals surface area contributed by atoms with Gasteiger partial charge in [0.2, 0.25) is 0 Å². The molecule has 0 fully saturated rings. The van der Waals surface area contributed by atoms with E-state index in [9.17, 15) is 0 Å². The molecule has 176 valence electrons. The van der Waals surface area contributed by atoms with E-state index >= 15 is 0 Å². The number of para-hydroxylation sites is 2. The number of nitrogens with zero attached hydrogens (tertiary/aromatic N) is 2. The first kappa shape index (κ1) is 21.5. The molecule has 7 aromatic rings. The van der Waals surface area contributed by atoms with Gasteiger partial charge in [0, 0.05) is 40.1 Å². The Labute approximate surface area is 216 Å². The molecule has 0 N–H and O–H groups in total. The number of rotatable bonds is 4. The van der Waals surface area contributed by atoms with Crippen molar-refractivity contribution in [2.75, 3.05) is 11.9 Å². The van der Waals surface area contributed by atoms with Crippen LogP contribution in [0, 0.1) is 0 Å². The van der Waals surface area contributed by atoms with Gasteiger partial charge in [-0.15, -0.1) is 0 Å². The fraction of sp³-hybridized carbons (Fsp3) is 0.0286. The topological polar surface area (TPSA) is 8.17 Å². The minimum absolute atomic E-state index is 1.17. The minimum atomic E-state index is 1.17. The zero-order valence-electron chi connectivity index (χ0n) is 20.7. The van der Waals surface area contributed by atoms with Gasteiger partial charge in [-0.1, -0.05) is 109 Å². The van der Waals surface area contributed by atoms with Crippen molar-refractivity contribution >= 4 is 44.0 Å². The van der Waals surface area contributed by atoms with Crippen molar-refractivity contribution in [3.05, 3.63) is 140 Å². The third-order valence-electron chi connectivity index (χ3n) is 7.38. The Morgan fingerprint density at radius 2 is 1.19 bits per heavy atom. The Morgan fingerprint density at radius 3 is 2.03 bits per heavy atom. The van der Waals surface area contributed by atoms with Gasteiger partial charge in [0.1, 0.15) is 0 Å². The van der Waals surface area contributed by atoms with Crippen LogP contribution in [-0.2, 0) is 0 Å². The molecule has 0 unspecified atom stereocenters. The lowest BCUT2D eigenvalue weighted by atomic mass is 10.0. The van der Waals surface area contributed by atoms with E-state index in [1.165, 1.54) is 60.8 Å². The summed E-state index contributed by atoms with van der Waals surface area (Å²) >= 11 is 0. The van der Waals surface area contributed by atoms with Crippen LogP contribution in [-0.4, -0.2) is 11.6 Å². The first-order valence-corrected chi connectivity index (χ1v) is 12.7. The van der Waals surface area contributed by atoms with E-state index in [1.807, 2.05) is 0 Å². The van der Waals surface area contributed by atoms with E-state index in [-0.39, 0.29) is 0 Å². The molecule has 6 aromatic carbocycles. The summed E-state index contributed by atoms with van der Waals surface area (Å²) in [5.74, 6) is 0. The van der Waals surface area contributed by atoms with Crippen molar-refractivity contribution in [3.8, 4) is 16.8 Å². The molecule has 1 aromatic heterocycles. The molecule has 0 spiro atoms. The standard InChI is InChI=1S/C35H26N2/c1-36(31-20-11-10-18-28(31)25-13-4-2-5-14-25)32-21-12-22-33-34(32)30-24-23-26-15-8-9-19-29(26)35(30)37(33)27-16-6-3-7-17-27/h2-24H,1H3. The van der Waals surface area contributed by atoms with Gasteiger partial charge in [0.05, 0.1) is 16.7 Å². The van der Waals surface area contributed by atoms with E-state index in [2.05, 4.69) is 156 Å². The lowest BCUT2D eigenvalue weighted by Crippen LogP contribution is -2.11. The van der Waals surface area contributed by atoms with E-state index in [0.29, 0.717) is 0 Å². The summed E-state index contributed by atoms with van der Waals surface area (Å²) in [4.78, 5) is 2.34. The number of hydrogen-bond donors (Lipinski definition) is 0. The molecule has 0 aliphatic carbocycles. The quantitative estimate of drug-likeness (QED) is 0.247. The molecule has 0 radical (unpaired) electrons. The highest BCUT2D eigenvalue weighted by atomic mass is 15.1. The summed E-state index contributed by atoms with van der Waals surface area (Å²) in [6.45, 7) is 0. The molecular formula is C35H26N2. The maximum atomic E-state index is 2.42. The number of aromatic nitrogens is 1. The molecule has 1 heterocycles. The number of benzene rings is 6. The molecule has 2 heteroatoms. The van der Waals surface area contributed by atoms with Crippen LogP contribution in [0.15, 0.2) is 140 Å². The van der Waals surface area contributed by atoms with E-state index in [4.69, 9.17) is 0 Å². The second-order valence-electron chi connectivity index (χ2n) is 9.47. The zero-order chi connectivity index (χ0) is 24.8. The lowest BCUT2D eigenvalue weighted by molar-refractivity contribution is 1.18. The Balaban J connectivity index is 1.56.